The molecule has 1 aromatic carbocycles. The minimum atomic E-state index is -1.13. The van der Waals surface area contributed by atoms with Gasteiger partial charge in [0.25, 0.3) is 0 Å². The van der Waals surface area contributed by atoms with Gasteiger partial charge in [0, 0.05) is 0 Å². The van der Waals surface area contributed by atoms with Crippen molar-refractivity contribution in [3.05, 3.63) is 42.4 Å². The van der Waals surface area contributed by atoms with Crippen molar-refractivity contribution < 1.29 is 19.4 Å². The largest absolute Gasteiger partial charge is 0.493 e. The van der Waals surface area contributed by atoms with Crippen LogP contribution in [0.4, 0.5) is 0 Å². The molecule has 6 heteroatoms. The zero-order valence-electron chi connectivity index (χ0n) is 9.53. The van der Waals surface area contributed by atoms with Crippen LogP contribution in [0.5, 0.6) is 17.4 Å². The number of carbonyl (C=O) groups is 1. The smallest absolute Gasteiger partial charge is 0.356 e. The average molecular weight is 246 g/mol. The summed E-state index contributed by atoms with van der Waals surface area (Å²) in [5.41, 5.74) is -0.137. The third-order valence-electron chi connectivity index (χ3n) is 2.13. The summed E-state index contributed by atoms with van der Waals surface area (Å²) in [5, 5.41) is 8.68. The Morgan fingerprint density at radius 3 is 2.44 bits per heavy atom. The second-order valence-corrected chi connectivity index (χ2v) is 3.30. The molecule has 0 aliphatic rings. The van der Waals surface area contributed by atoms with Crippen LogP contribution in [-0.2, 0) is 0 Å². The third-order valence-corrected chi connectivity index (χ3v) is 2.13. The van der Waals surface area contributed by atoms with Crippen molar-refractivity contribution in [2.45, 2.75) is 0 Å². The van der Waals surface area contributed by atoms with Gasteiger partial charge in [-0.1, -0.05) is 12.1 Å². The zero-order chi connectivity index (χ0) is 13.0. The van der Waals surface area contributed by atoms with Gasteiger partial charge in [-0.3, -0.25) is 0 Å². The molecule has 0 atom stereocenters. The topological polar surface area (TPSA) is 81.5 Å². The summed E-state index contributed by atoms with van der Waals surface area (Å²) < 4.78 is 10.6. The number of benzene rings is 1. The van der Waals surface area contributed by atoms with Crippen molar-refractivity contribution in [1.29, 1.82) is 0 Å². The lowest BCUT2D eigenvalue weighted by atomic mass is 10.3. The molecule has 18 heavy (non-hydrogen) atoms. The zero-order valence-corrected chi connectivity index (χ0v) is 9.53. The Morgan fingerprint density at radius 2 is 1.89 bits per heavy atom. The van der Waals surface area contributed by atoms with E-state index in [1.165, 1.54) is 13.3 Å². The van der Waals surface area contributed by atoms with Gasteiger partial charge >= 0.3 is 5.97 Å². The van der Waals surface area contributed by atoms with Crippen LogP contribution in [0.1, 0.15) is 10.5 Å². The first-order chi connectivity index (χ1) is 8.70. The van der Waals surface area contributed by atoms with Crippen LogP contribution in [0.25, 0.3) is 0 Å². The maximum absolute atomic E-state index is 10.6. The minimum absolute atomic E-state index is 0.137. The van der Waals surface area contributed by atoms with Crippen LogP contribution in [-0.4, -0.2) is 28.2 Å². The number of hydrogen-bond acceptors (Lipinski definition) is 5. The Labute approximate surface area is 103 Å². The molecule has 1 N–H and O–H groups in total. The summed E-state index contributed by atoms with van der Waals surface area (Å²) in [7, 11) is 1.53. The van der Waals surface area contributed by atoms with Gasteiger partial charge in [0.15, 0.2) is 17.2 Å². The number of aromatic carboxylic acids is 1. The molecule has 6 nitrogen and oxygen atoms in total. The van der Waals surface area contributed by atoms with Crippen LogP contribution < -0.4 is 9.47 Å². The number of para-hydroxylation sites is 2. The maximum Gasteiger partial charge on any atom is 0.356 e. The molecule has 0 spiro atoms. The molecule has 0 radical (unpaired) electrons. The second-order valence-electron chi connectivity index (χ2n) is 3.30. The van der Waals surface area contributed by atoms with Crippen molar-refractivity contribution >= 4 is 5.97 Å². The molecule has 0 unspecified atom stereocenters. The summed E-state index contributed by atoms with van der Waals surface area (Å²) in [6, 6.07) is 7.06. The molecular formula is C12H10N2O4. The highest BCUT2D eigenvalue weighted by atomic mass is 16.5. The highest BCUT2D eigenvalue weighted by molar-refractivity contribution is 5.84. The molecule has 0 aliphatic carbocycles. The molecule has 1 aromatic heterocycles. The lowest BCUT2D eigenvalue weighted by Gasteiger charge is -2.08. The van der Waals surface area contributed by atoms with E-state index in [2.05, 4.69) is 9.97 Å². The Morgan fingerprint density at radius 1 is 1.17 bits per heavy atom. The van der Waals surface area contributed by atoms with Crippen molar-refractivity contribution in [2.75, 3.05) is 7.11 Å². The fraction of sp³-hybridized carbons (Fsp3) is 0.0833. The van der Waals surface area contributed by atoms with Crippen molar-refractivity contribution in [3.63, 3.8) is 0 Å². The van der Waals surface area contributed by atoms with E-state index in [0.717, 1.165) is 6.20 Å². The average Bonchev–Trinajstić information content (AvgIpc) is 2.40. The molecule has 2 aromatic rings. The van der Waals surface area contributed by atoms with E-state index in [4.69, 9.17) is 14.6 Å². The molecule has 2 rings (SSSR count). The first-order valence-corrected chi connectivity index (χ1v) is 5.07. The van der Waals surface area contributed by atoms with Gasteiger partial charge < -0.3 is 14.6 Å². The molecule has 1 heterocycles. The monoisotopic (exact) mass is 246 g/mol. The summed E-state index contributed by atoms with van der Waals surface area (Å²) in [4.78, 5) is 18.2. The van der Waals surface area contributed by atoms with Gasteiger partial charge in [-0.05, 0) is 12.1 Å². The molecule has 0 amide bonds. The molecule has 0 saturated carbocycles. The number of nitrogens with zero attached hydrogens (tertiary/aromatic N) is 2. The summed E-state index contributed by atoms with van der Waals surface area (Å²) in [5.74, 6) is 0.106. The normalized spacial score (nSPS) is 9.83. The second kappa shape index (κ2) is 5.13. The lowest BCUT2D eigenvalue weighted by Crippen LogP contribution is -2.01. The van der Waals surface area contributed by atoms with Crippen LogP contribution in [0.2, 0.25) is 0 Å². The minimum Gasteiger partial charge on any atom is -0.493 e. The van der Waals surface area contributed by atoms with E-state index >= 15 is 0 Å². The van der Waals surface area contributed by atoms with E-state index in [1.807, 2.05) is 6.07 Å². The highest BCUT2D eigenvalue weighted by Crippen LogP contribution is 2.29. The van der Waals surface area contributed by atoms with Crippen LogP contribution >= 0.6 is 0 Å². The molecule has 0 saturated heterocycles. The Hall–Kier alpha value is -2.63. The maximum atomic E-state index is 10.6. The number of hydrogen-bond donors (Lipinski definition) is 1. The predicted molar refractivity (Wildman–Crippen MR) is 62.1 cm³/mol. The van der Waals surface area contributed by atoms with Gasteiger partial charge in [0.05, 0.1) is 19.5 Å². The standard InChI is InChI=1S/C12H10N2O4/c1-17-9-4-2-3-5-10(9)18-11-7-13-8(6-14-11)12(15)16/h2-7H,1H3,(H,15,16). The van der Waals surface area contributed by atoms with Gasteiger partial charge in [-0.2, -0.15) is 0 Å². The van der Waals surface area contributed by atoms with E-state index in [0.29, 0.717) is 11.5 Å². The van der Waals surface area contributed by atoms with Crippen molar-refractivity contribution in [2.24, 2.45) is 0 Å². The van der Waals surface area contributed by atoms with Crippen molar-refractivity contribution in [3.8, 4) is 17.4 Å². The summed E-state index contributed by atoms with van der Waals surface area (Å²) >= 11 is 0. The first kappa shape index (κ1) is 11.8. The van der Waals surface area contributed by atoms with Gasteiger partial charge in [-0.15, -0.1) is 0 Å². The summed E-state index contributed by atoms with van der Waals surface area (Å²) in [6.07, 6.45) is 2.38. The molecule has 92 valence electrons. The number of rotatable bonds is 4. The number of ether oxygens (including phenoxy) is 2. The molecule has 0 bridgehead atoms. The van der Waals surface area contributed by atoms with Crippen LogP contribution in [0.15, 0.2) is 36.7 Å². The van der Waals surface area contributed by atoms with E-state index < -0.39 is 5.97 Å². The van der Waals surface area contributed by atoms with Crippen LogP contribution in [0, 0.1) is 0 Å². The first-order valence-electron chi connectivity index (χ1n) is 5.07. The quantitative estimate of drug-likeness (QED) is 0.888. The molecular weight excluding hydrogens is 236 g/mol. The number of carboxylic acids is 1. The lowest BCUT2D eigenvalue weighted by molar-refractivity contribution is 0.0690. The fourth-order valence-electron chi connectivity index (χ4n) is 1.30. The number of aromatic nitrogens is 2. The number of methoxy groups -OCH3 is 1. The van der Waals surface area contributed by atoms with Crippen LogP contribution in [0.3, 0.4) is 0 Å². The highest BCUT2D eigenvalue weighted by Gasteiger charge is 2.08. The van der Waals surface area contributed by atoms with E-state index in [1.54, 1.807) is 18.2 Å². The Balaban J connectivity index is 2.21. The van der Waals surface area contributed by atoms with Crippen molar-refractivity contribution in [1.82, 2.24) is 9.97 Å². The molecule has 0 aliphatic heterocycles. The third kappa shape index (κ3) is 2.54. The fourth-order valence-corrected chi connectivity index (χ4v) is 1.30. The van der Waals surface area contributed by atoms with Gasteiger partial charge in [0.1, 0.15) is 0 Å². The predicted octanol–water partition coefficient (Wildman–Crippen LogP) is 1.98. The van der Waals surface area contributed by atoms with E-state index in [9.17, 15) is 4.79 Å². The number of carboxylic acid groups (broad SMARTS) is 1. The van der Waals surface area contributed by atoms with E-state index in [-0.39, 0.29) is 11.6 Å². The van der Waals surface area contributed by atoms with Gasteiger partial charge in [-0.25, -0.2) is 14.8 Å². The Bertz CT molecular complexity index is 554. The molecule has 0 fully saturated rings. The SMILES string of the molecule is COc1ccccc1Oc1cnc(C(=O)O)cn1. The summed E-state index contributed by atoms with van der Waals surface area (Å²) in [6.45, 7) is 0. The van der Waals surface area contributed by atoms with Gasteiger partial charge in [0.2, 0.25) is 5.88 Å². The Kier molecular flexibility index (Phi) is 3.38.